The van der Waals surface area contributed by atoms with Crippen LogP contribution < -0.4 is 0 Å². The molecule has 7 nitrogen and oxygen atoms in total. The Hall–Kier alpha value is -2.06. The van der Waals surface area contributed by atoms with Crippen molar-refractivity contribution < 1.29 is 9.26 Å². The Morgan fingerprint density at radius 3 is 3.04 bits per heavy atom. The summed E-state index contributed by atoms with van der Waals surface area (Å²) in [5.74, 6) is 2.26. The number of fused-ring (bicyclic) bond motifs is 1. The number of hydrogen-bond acceptors (Lipinski definition) is 7. The summed E-state index contributed by atoms with van der Waals surface area (Å²) in [6.45, 7) is 1.53. The van der Waals surface area contributed by atoms with Gasteiger partial charge < -0.3 is 13.8 Å². The molecule has 4 heterocycles. The van der Waals surface area contributed by atoms with Gasteiger partial charge >= 0.3 is 0 Å². The second-order valence-electron chi connectivity index (χ2n) is 6.84. The SMILES string of the molecule is c1cn(CCc2noc([C@@H]3CCCO3)n2)c(-c2nc3c(s2)CCCC3)n1. The second kappa shape index (κ2) is 6.92. The third kappa shape index (κ3) is 3.07. The molecule has 8 heteroatoms. The standard InChI is InChI=1S/C18H21N5O2S/c1-2-6-14-12(4-1)20-18(26-14)16-19-8-10-23(16)9-7-15-21-17(25-22-15)13-5-3-11-24-13/h8,10,13H,1-7,9,11H2/t13-/m0/s1. The number of ether oxygens (including phenoxy) is 1. The number of rotatable bonds is 5. The maximum atomic E-state index is 5.60. The summed E-state index contributed by atoms with van der Waals surface area (Å²) in [6, 6.07) is 0. The fourth-order valence-electron chi connectivity index (χ4n) is 3.63. The van der Waals surface area contributed by atoms with Crippen molar-refractivity contribution in [1.29, 1.82) is 0 Å². The first-order valence-electron chi connectivity index (χ1n) is 9.31. The maximum Gasteiger partial charge on any atom is 0.255 e. The first-order valence-corrected chi connectivity index (χ1v) is 10.1. The zero-order valence-electron chi connectivity index (χ0n) is 14.6. The molecule has 1 aliphatic carbocycles. The maximum absolute atomic E-state index is 5.60. The molecule has 3 aromatic rings. The minimum absolute atomic E-state index is 0.0262. The van der Waals surface area contributed by atoms with Crippen molar-refractivity contribution in [3.63, 3.8) is 0 Å². The molecule has 1 aliphatic heterocycles. The third-order valence-electron chi connectivity index (χ3n) is 5.02. The van der Waals surface area contributed by atoms with Gasteiger partial charge in [0.1, 0.15) is 6.10 Å². The molecule has 5 rings (SSSR count). The van der Waals surface area contributed by atoms with Crippen LogP contribution in [0.5, 0.6) is 0 Å². The second-order valence-corrected chi connectivity index (χ2v) is 7.92. The van der Waals surface area contributed by atoms with Gasteiger partial charge in [-0.1, -0.05) is 5.16 Å². The van der Waals surface area contributed by atoms with Gasteiger partial charge in [0.05, 0.1) is 5.69 Å². The highest BCUT2D eigenvalue weighted by molar-refractivity contribution is 7.15. The molecular formula is C18H21N5O2S. The van der Waals surface area contributed by atoms with Crippen LogP contribution in [0.4, 0.5) is 0 Å². The van der Waals surface area contributed by atoms with Gasteiger partial charge in [0.25, 0.3) is 5.89 Å². The van der Waals surface area contributed by atoms with E-state index in [2.05, 4.69) is 19.7 Å². The Bertz CT molecular complexity index is 870. The molecule has 0 spiro atoms. The highest BCUT2D eigenvalue weighted by Crippen LogP contribution is 2.32. The number of imidazole rings is 1. The van der Waals surface area contributed by atoms with Gasteiger partial charge in [0, 0.05) is 36.8 Å². The Morgan fingerprint density at radius 2 is 2.15 bits per heavy atom. The predicted molar refractivity (Wildman–Crippen MR) is 95.9 cm³/mol. The molecule has 0 radical (unpaired) electrons. The summed E-state index contributed by atoms with van der Waals surface area (Å²) in [6.07, 6.45) is 11.3. The van der Waals surface area contributed by atoms with Crippen LogP contribution in [-0.2, 0) is 30.5 Å². The number of thiazole rings is 1. The van der Waals surface area contributed by atoms with Crippen LogP contribution in [0.15, 0.2) is 16.9 Å². The van der Waals surface area contributed by atoms with Gasteiger partial charge in [0.15, 0.2) is 16.7 Å². The fraction of sp³-hybridized carbons (Fsp3) is 0.556. The van der Waals surface area contributed by atoms with Crippen molar-refractivity contribution in [2.24, 2.45) is 0 Å². The lowest BCUT2D eigenvalue weighted by Crippen LogP contribution is -2.04. The van der Waals surface area contributed by atoms with Crippen LogP contribution in [0.2, 0.25) is 0 Å². The molecule has 3 aromatic heterocycles. The summed E-state index contributed by atoms with van der Waals surface area (Å²) in [5.41, 5.74) is 1.27. The highest BCUT2D eigenvalue weighted by Gasteiger charge is 2.24. The largest absolute Gasteiger partial charge is 0.368 e. The monoisotopic (exact) mass is 371 g/mol. The summed E-state index contributed by atoms with van der Waals surface area (Å²) < 4.78 is 13.1. The first-order chi connectivity index (χ1) is 12.9. The Kier molecular flexibility index (Phi) is 4.30. The van der Waals surface area contributed by atoms with E-state index in [1.807, 2.05) is 12.4 Å². The van der Waals surface area contributed by atoms with Crippen LogP contribution >= 0.6 is 11.3 Å². The zero-order chi connectivity index (χ0) is 17.3. The molecule has 1 atom stereocenters. The fourth-order valence-corrected chi connectivity index (χ4v) is 4.79. The normalized spacial score (nSPS) is 19.8. The minimum Gasteiger partial charge on any atom is -0.368 e. The van der Waals surface area contributed by atoms with Gasteiger partial charge in [-0.2, -0.15) is 4.98 Å². The van der Waals surface area contributed by atoms with E-state index < -0.39 is 0 Å². The molecule has 2 aliphatic rings. The number of aromatic nitrogens is 5. The predicted octanol–water partition coefficient (Wildman–Crippen LogP) is 3.36. The van der Waals surface area contributed by atoms with E-state index in [-0.39, 0.29) is 6.10 Å². The van der Waals surface area contributed by atoms with Crippen molar-refractivity contribution in [1.82, 2.24) is 24.7 Å². The third-order valence-corrected chi connectivity index (χ3v) is 6.17. The molecule has 1 saturated heterocycles. The number of nitrogens with zero attached hydrogens (tertiary/aromatic N) is 5. The van der Waals surface area contributed by atoms with Crippen molar-refractivity contribution in [3.8, 4) is 10.8 Å². The molecule has 0 N–H and O–H groups in total. The van der Waals surface area contributed by atoms with Crippen LogP contribution in [-0.4, -0.2) is 31.3 Å². The van der Waals surface area contributed by atoms with E-state index in [4.69, 9.17) is 14.2 Å². The lowest BCUT2D eigenvalue weighted by atomic mass is 10.0. The summed E-state index contributed by atoms with van der Waals surface area (Å²) >= 11 is 1.79. The summed E-state index contributed by atoms with van der Waals surface area (Å²) in [7, 11) is 0. The molecule has 1 fully saturated rings. The van der Waals surface area contributed by atoms with Gasteiger partial charge in [-0.3, -0.25) is 0 Å². The lowest BCUT2D eigenvalue weighted by Gasteiger charge is -2.06. The van der Waals surface area contributed by atoms with Crippen molar-refractivity contribution in [3.05, 3.63) is 34.7 Å². The van der Waals surface area contributed by atoms with Gasteiger partial charge in [-0.25, -0.2) is 9.97 Å². The van der Waals surface area contributed by atoms with E-state index in [0.29, 0.717) is 18.1 Å². The van der Waals surface area contributed by atoms with Crippen molar-refractivity contribution in [2.45, 2.75) is 57.6 Å². The van der Waals surface area contributed by atoms with E-state index >= 15 is 0 Å². The van der Waals surface area contributed by atoms with E-state index in [9.17, 15) is 0 Å². The Morgan fingerprint density at radius 1 is 1.19 bits per heavy atom. The van der Waals surface area contributed by atoms with Crippen LogP contribution in [0.3, 0.4) is 0 Å². The van der Waals surface area contributed by atoms with Gasteiger partial charge in [-0.05, 0) is 38.5 Å². The van der Waals surface area contributed by atoms with E-state index in [1.165, 1.54) is 23.4 Å². The molecule has 0 amide bonds. The first kappa shape index (κ1) is 16.1. The smallest absolute Gasteiger partial charge is 0.255 e. The molecular weight excluding hydrogens is 350 g/mol. The average Bonchev–Trinajstić information content (AvgIpc) is 3.46. The molecule has 0 aromatic carbocycles. The Labute approximate surface area is 155 Å². The summed E-state index contributed by atoms with van der Waals surface area (Å²) in [4.78, 5) is 15.3. The van der Waals surface area contributed by atoms with Crippen LogP contribution in [0.25, 0.3) is 10.8 Å². The quantitative estimate of drug-likeness (QED) is 0.684. The Balaban J connectivity index is 1.30. The number of aryl methyl sites for hydroxylation is 4. The van der Waals surface area contributed by atoms with Crippen LogP contribution in [0, 0.1) is 0 Å². The highest BCUT2D eigenvalue weighted by atomic mass is 32.1. The average molecular weight is 371 g/mol. The van der Waals surface area contributed by atoms with Crippen molar-refractivity contribution in [2.75, 3.05) is 6.61 Å². The zero-order valence-corrected chi connectivity index (χ0v) is 15.4. The molecule has 136 valence electrons. The van der Waals surface area contributed by atoms with Crippen LogP contribution in [0.1, 0.15) is 54.1 Å². The molecule has 0 bridgehead atoms. The van der Waals surface area contributed by atoms with E-state index in [1.54, 1.807) is 11.3 Å². The van der Waals surface area contributed by atoms with Gasteiger partial charge in [0.2, 0.25) is 0 Å². The topological polar surface area (TPSA) is 78.9 Å². The van der Waals surface area contributed by atoms with Crippen molar-refractivity contribution >= 4 is 11.3 Å². The number of hydrogen-bond donors (Lipinski definition) is 0. The van der Waals surface area contributed by atoms with E-state index in [0.717, 1.165) is 49.7 Å². The molecule has 26 heavy (non-hydrogen) atoms. The minimum atomic E-state index is -0.0262. The lowest BCUT2D eigenvalue weighted by molar-refractivity contribution is 0.0835. The summed E-state index contributed by atoms with van der Waals surface area (Å²) in [5, 5.41) is 5.13. The molecule has 0 saturated carbocycles. The molecule has 0 unspecified atom stereocenters. The van der Waals surface area contributed by atoms with Gasteiger partial charge in [-0.15, -0.1) is 11.3 Å².